The minimum Gasteiger partial charge on any atom is -0.488 e. The number of ether oxygens (including phenoxy) is 1. The smallest absolute Gasteiger partial charge is 0.168 e. The van der Waals surface area contributed by atoms with E-state index in [1.54, 1.807) is 6.07 Å². The summed E-state index contributed by atoms with van der Waals surface area (Å²) in [6.07, 6.45) is 0.103. The number of benzene rings is 2. The van der Waals surface area contributed by atoms with Crippen molar-refractivity contribution in [2.45, 2.75) is 26.4 Å². The summed E-state index contributed by atoms with van der Waals surface area (Å²) in [7, 11) is 0. The predicted molar refractivity (Wildman–Crippen MR) is 86.4 cm³/mol. The lowest BCUT2D eigenvalue weighted by Gasteiger charge is -2.12. The molecule has 0 radical (unpaired) electrons. The van der Waals surface area contributed by atoms with Gasteiger partial charge in [0.15, 0.2) is 17.4 Å². The Morgan fingerprint density at radius 1 is 1.08 bits per heavy atom. The van der Waals surface area contributed by atoms with E-state index in [9.17, 15) is 18.4 Å². The number of rotatable bonds is 7. The van der Waals surface area contributed by atoms with E-state index < -0.39 is 11.6 Å². The van der Waals surface area contributed by atoms with Gasteiger partial charge in [0.25, 0.3) is 0 Å². The second-order valence-electron chi connectivity index (χ2n) is 5.24. The summed E-state index contributed by atoms with van der Waals surface area (Å²) in [6, 6.07) is 8.40. The Kier molecular flexibility index (Phi) is 6.04. The molecule has 0 fully saturated rings. The molecule has 0 unspecified atom stereocenters. The van der Waals surface area contributed by atoms with E-state index in [1.165, 1.54) is 31.2 Å². The quantitative estimate of drug-likeness (QED) is 0.675. The van der Waals surface area contributed by atoms with Crippen molar-refractivity contribution >= 4 is 23.2 Å². The molecular formula is C18H15ClF2O3. The van der Waals surface area contributed by atoms with Gasteiger partial charge in [-0.25, -0.2) is 8.78 Å². The number of carbonyl (C=O) groups is 2. The van der Waals surface area contributed by atoms with E-state index in [-0.39, 0.29) is 52.9 Å². The molecular weight excluding hydrogens is 338 g/mol. The van der Waals surface area contributed by atoms with E-state index in [0.29, 0.717) is 0 Å². The third kappa shape index (κ3) is 4.38. The maximum atomic E-state index is 13.7. The molecule has 0 aliphatic rings. The van der Waals surface area contributed by atoms with E-state index in [4.69, 9.17) is 16.3 Å². The van der Waals surface area contributed by atoms with Crippen molar-refractivity contribution in [3.63, 3.8) is 0 Å². The van der Waals surface area contributed by atoms with Crippen LogP contribution in [0.2, 0.25) is 5.02 Å². The van der Waals surface area contributed by atoms with Crippen LogP contribution in [0.4, 0.5) is 8.78 Å². The first kappa shape index (κ1) is 18.1. The molecule has 0 saturated carbocycles. The molecule has 0 atom stereocenters. The minimum absolute atomic E-state index is 0.00372. The summed E-state index contributed by atoms with van der Waals surface area (Å²) >= 11 is 6.06. The Hall–Kier alpha value is -2.27. The summed E-state index contributed by atoms with van der Waals surface area (Å²) in [6.45, 7) is 1.14. The molecule has 0 heterocycles. The van der Waals surface area contributed by atoms with Crippen LogP contribution >= 0.6 is 11.6 Å². The number of hydrogen-bond acceptors (Lipinski definition) is 3. The lowest BCUT2D eigenvalue weighted by Crippen LogP contribution is -2.08. The molecule has 6 heteroatoms. The lowest BCUT2D eigenvalue weighted by atomic mass is 10.0. The lowest BCUT2D eigenvalue weighted by molar-refractivity contribution is -0.116. The zero-order chi connectivity index (χ0) is 17.7. The fourth-order valence-corrected chi connectivity index (χ4v) is 2.40. The molecule has 2 aromatic rings. The average molecular weight is 353 g/mol. The van der Waals surface area contributed by atoms with Crippen molar-refractivity contribution in [3.8, 4) is 5.75 Å². The van der Waals surface area contributed by atoms with E-state index in [1.807, 2.05) is 0 Å². The predicted octanol–water partition coefficient (Wildman–Crippen LogP) is 4.75. The zero-order valence-electron chi connectivity index (χ0n) is 12.9. The van der Waals surface area contributed by atoms with Crippen molar-refractivity contribution < 1.29 is 23.1 Å². The largest absolute Gasteiger partial charge is 0.488 e. The first-order valence-corrected chi connectivity index (χ1v) is 7.64. The molecule has 0 amide bonds. The van der Waals surface area contributed by atoms with Gasteiger partial charge >= 0.3 is 0 Å². The van der Waals surface area contributed by atoms with Gasteiger partial charge in [-0.1, -0.05) is 29.8 Å². The molecule has 3 nitrogen and oxygen atoms in total. The first-order valence-electron chi connectivity index (χ1n) is 7.27. The van der Waals surface area contributed by atoms with Gasteiger partial charge in [0, 0.05) is 18.4 Å². The van der Waals surface area contributed by atoms with Crippen LogP contribution in [0.3, 0.4) is 0 Å². The average Bonchev–Trinajstić information content (AvgIpc) is 2.54. The van der Waals surface area contributed by atoms with Crippen LogP contribution < -0.4 is 4.74 Å². The highest BCUT2D eigenvalue weighted by Gasteiger charge is 2.18. The van der Waals surface area contributed by atoms with Crippen molar-refractivity contribution in [1.82, 2.24) is 0 Å². The van der Waals surface area contributed by atoms with Gasteiger partial charge in [0.1, 0.15) is 18.1 Å². The van der Waals surface area contributed by atoms with Gasteiger partial charge in [0.05, 0.1) is 10.6 Å². The van der Waals surface area contributed by atoms with Gasteiger partial charge in [-0.05, 0) is 25.1 Å². The Morgan fingerprint density at radius 2 is 1.79 bits per heavy atom. The van der Waals surface area contributed by atoms with Gasteiger partial charge in [-0.2, -0.15) is 0 Å². The summed E-state index contributed by atoms with van der Waals surface area (Å²) in [5, 5.41) is 0.181. The van der Waals surface area contributed by atoms with Crippen LogP contribution in [0, 0.1) is 11.6 Å². The monoisotopic (exact) mass is 352 g/mol. The number of Topliss-reactive ketones (excluding diaryl/α,β-unsaturated/α-hetero) is 2. The maximum Gasteiger partial charge on any atom is 0.168 e. The Bertz CT molecular complexity index is 775. The van der Waals surface area contributed by atoms with Gasteiger partial charge < -0.3 is 9.53 Å². The molecule has 0 bridgehead atoms. The first-order chi connectivity index (χ1) is 11.4. The normalized spacial score (nSPS) is 10.5. The van der Waals surface area contributed by atoms with E-state index in [0.717, 1.165) is 6.07 Å². The number of halogens is 3. The van der Waals surface area contributed by atoms with Gasteiger partial charge in [-0.15, -0.1) is 0 Å². The third-order valence-corrected chi connectivity index (χ3v) is 3.69. The molecule has 0 spiro atoms. The highest BCUT2D eigenvalue weighted by Crippen LogP contribution is 2.29. The van der Waals surface area contributed by atoms with Crippen LogP contribution in [0.15, 0.2) is 36.4 Å². The number of ketones is 2. The fourth-order valence-electron chi connectivity index (χ4n) is 2.13. The molecule has 2 rings (SSSR count). The molecule has 0 aromatic heterocycles. The Morgan fingerprint density at radius 3 is 2.50 bits per heavy atom. The second kappa shape index (κ2) is 8.02. The molecule has 0 aliphatic carbocycles. The zero-order valence-corrected chi connectivity index (χ0v) is 13.7. The third-order valence-electron chi connectivity index (χ3n) is 3.37. The van der Waals surface area contributed by atoms with Crippen molar-refractivity contribution in [1.29, 1.82) is 0 Å². The van der Waals surface area contributed by atoms with Crippen molar-refractivity contribution in [3.05, 3.63) is 64.2 Å². The second-order valence-corrected chi connectivity index (χ2v) is 5.65. The summed E-state index contributed by atoms with van der Waals surface area (Å²) in [4.78, 5) is 23.3. The molecule has 126 valence electrons. The Labute approximate surface area is 143 Å². The number of hydrogen-bond donors (Lipinski definition) is 0. The summed E-state index contributed by atoms with van der Waals surface area (Å²) in [5.74, 6) is -2.26. The topological polar surface area (TPSA) is 43.4 Å². The summed E-state index contributed by atoms with van der Waals surface area (Å²) in [5.41, 5.74) is 0.161. The van der Waals surface area contributed by atoms with E-state index >= 15 is 0 Å². The van der Waals surface area contributed by atoms with Crippen molar-refractivity contribution in [2.24, 2.45) is 0 Å². The van der Waals surface area contributed by atoms with Crippen LogP contribution in [-0.4, -0.2) is 11.6 Å². The molecule has 2 aromatic carbocycles. The molecule has 0 saturated heterocycles. The maximum absolute atomic E-state index is 13.7. The van der Waals surface area contributed by atoms with E-state index in [2.05, 4.69) is 0 Å². The SMILES string of the molecule is CC(=O)CCC(=O)c1c(Cl)cccc1OCc1cccc(F)c1F. The number of carbonyl (C=O) groups excluding carboxylic acids is 2. The molecule has 24 heavy (non-hydrogen) atoms. The van der Waals surface area contributed by atoms with Crippen LogP contribution in [0.25, 0.3) is 0 Å². The van der Waals surface area contributed by atoms with Crippen LogP contribution in [0.5, 0.6) is 5.75 Å². The van der Waals surface area contributed by atoms with Crippen molar-refractivity contribution in [2.75, 3.05) is 0 Å². The highest BCUT2D eigenvalue weighted by molar-refractivity contribution is 6.34. The minimum atomic E-state index is -0.996. The fraction of sp³-hybridized carbons (Fsp3) is 0.222. The standard InChI is InChI=1S/C18H15ClF2O3/c1-11(22)8-9-15(23)17-13(19)5-3-7-16(17)24-10-12-4-2-6-14(20)18(12)21/h2-7H,8-10H2,1H3. The van der Waals surface area contributed by atoms with Gasteiger partial charge in [-0.3, -0.25) is 4.79 Å². The highest BCUT2D eigenvalue weighted by atomic mass is 35.5. The summed E-state index contributed by atoms with van der Waals surface area (Å²) < 4.78 is 32.4. The molecule has 0 aliphatic heterocycles. The molecule has 0 N–H and O–H groups in total. The van der Waals surface area contributed by atoms with Crippen LogP contribution in [-0.2, 0) is 11.4 Å². The Balaban J connectivity index is 2.21. The van der Waals surface area contributed by atoms with Gasteiger partial charge in [0.2, 0.25) is 0 Å². The van der Waals surface area contributed by atoms with Crippen LogP contribution in [0.1, 0.15) is 35.7 Å².